The summed E-state index contributed by atoms with van der Waals surface area (Å²) in [6.07, 6.45) is 1.58. The minimum Gasteiger partial charge on any atom is -0.326 e. The molecule has 2 unspecified atom stereocenters. The quantitative estimate of drug-likeness (QED) is 0.666. The predicted molar refractivity (Wildman–Crippen MR) is 52.4 cm³/mol. The van der Waals surface area contributed by atoms with E-state index in [1.54, 1.807) is 12.3 Å². The number of aromatic nitrogens is 1. The minimum absolute atomic E-state index is 0.132. The first-order valence-corrected chi connectivity index (χ1v) is 4.72. The Morgan fingerprint density at radius 2 is 2.29 bits per heavy atom. The number of likely N-dealkylation sites (tertiary alicyclic amines) is 1. The Kier molecular flexibility index (Phi) is 2.48. The number of nitrogens with two attached hydrogens (primary N) is 1. The number of nitrogens with zero attached hydrogens (tertiary/aromatic N) is 2. The molecule has 3 nitrogen and oxygen atoms in total. The molecule has 1 aliphatic heterocycles. The third-order valence-electron chi connectivity index (χ3n) is 2.73. The molecule has 2 rings (SSSR count). The molecule has 0 saturated carbocycles. The molecule has 4 heteroatoms. The van der Waals surface area contributed by atoms with Crippen LogP contribution in [0.1, 0.15) is 11.5 Å². The number of hydrogen-bond donors (Lipinski definition) is 1. The fourth-order valence-corrected chi connectivity index (χ4v) is 1.99. The maximum absolute atomic E-state index is 12.6. The Labute approximate surface area is 82.7 Å². The van der Waals surface area contributed by atoms with Gasteiger partial charge in [-0.3, -0.25) is 0 Å². The van der Waals surface area contributed by atoms with Crippen LogP contribution in [0.15, 0.2) is 18.3 Å². The van der Waals surface area contributed by atoms with Crippen molar-refractivity contribution >= 4 is 0 Å². The first kappa shape index (κ1) is 9.55. The van der Waals surface area contributed by atoms with E-state index < -0.39 is 5.95 Å². The van der Waals surface area contributed by atoms with Gasteiger partial charge in [0.15, 0.2) is 0 Å². The van der Waals surface area contributed by atoms with Gasteiger partial charge < -0.3 is 10.6 Å². The third kappa shape index (κ3) is 1.76. The maximum Gasteiger partial charge on any atom is 0.212 e. The van der Waals surface area contributed by atoms with E-state index in [0.717, 1.165) is 18.7 Å². The SMILES string of the molecule is CN1CC(N)C(c2ccc(F)nc2)C1. The van der Waals surface area contributed by atoms with Gasteiger partial charge in [0.25, 0.3) is 0 Å². The average molecular weight is 195 g/mol. The van der Waals surface area contributed by atoms with Crippen molar-refractivity contribution in [3.05, 3.63) is 29.8 Å². The molecule has 0 aromatic carbocycles. The molecule has 0 spiro atoms. The zero-order valence-corrected chi connectivity index (χ0v) is 8.15. The summed E-state index contributed by atoms with van der Waals surface area (Å²) in [6, 6.07) is 3.29. The Morgan fingerprint density at radius 3 is 2.79 bits per heavy atom. The molecule has 14 heavy (non-hydrogen) atoms. The molecule has 1 aromatic rings. The fraction of sp³-hybridized carbons (Fsp3) is 0.500. The Bertz CT molecular complexity index is 312. The lowest BCUT2D eigenvalue weighted by Gasteiger charge is -2.13. The van der Waals surface area contributed by atoms with Crippen molar-refractivity contribution in [2.24, 2.45) is 5.73 Å². The summed E-state index contributed by atoms with van der Waals surface area (Å²) in [6.45, 7) is 1.82. The van der Waals surface area contributed by atoms with Gasteiger partial charge in [-0.15, -0.1) is 0 Å². The fourth-order valence-electron chi connectivity index (χ4n) is 1.99. The van der Waals surface area contributed by atoms with Crippen molar-refractivity contribution < 1.29 is 4.39 Å². The monoisotopic (exact) mass is 195 g/mol. The summed E-state index contributed by atoms with van der Waals surface area (Å²) in [5.74, 6) is -0.151. The molecule has 2 atom stereocenters. The second-order valence-electron chi connectivity index (χ2n) is 3.91. The molecule has 2 N–H and O–H groups in total. The zero-order chi connectivity index (χ0) is 10.1. The Balaban J connectivity index is 2.19. The van der Waals surface area contributed by atoms with E-state index in [0.29, 0.717) is 0 Å². The molecular weight excluding hydrogens is 181 g/mol. The number of rotatable bonds is 1. The number of likely N-dealkylation sites (N-methyl/N-ethyl adjacent to an activating group) is 1. The normalized spacial score (nSPS) is 28.2. The van der Waals surface area contributed by atoms with Gasteiger partial charge >= 0.3 is 0 Å². The summed E-state index contributed by atoms with van der Waals surface area (Å²) in [5.41, 5.74) is 7.01. The van der Waals surface area contributed by atoms with Crippen molar-refractivity contribution in [1.82, 2.24) is 9.88 Å². The largest absolute Gasteiger partial charge is 0.326 e. The highest BCUT2D eigenvalue weighted by atomic mass is 19.1. The molecule has 1 fully saturated rings. The van der Waals surface area contributed by atoms with E-state index in [1.807, 2.05) is 7.05 Å². The summed E-state index contributed by atoms with van der Waals surface area (Å²) in [4.78, 5) is 5.82. The van der Waals surface area contributed by atoms with Crippen molar-refractivity contribution in [2.45, 2.75) is 12.0 Å². The number of halogens is 1. The summed E-state index contributed by atoms with van der Waals surface area (Å²) >= 11 is 0. The van der Waals surface area contributed by atoms with E-state index in [4.69, 9.17) is 5.73 Å². The van der Waals surface area contributed by atoms with Crippen LogP contribution in [0, 0.1) is 5.95 Å². The minimum atomic E-state index is -0.436. The standard InChI is InChI=1S/C10H14FN3/c1-14-5-8(9(12)6-14)7-2-3-10(11)13-4-7/h2-4,8-9H,5-6,12H2,1H3. The van der Waals surface area contributed by atoms with E-state index in [1.165, 1.54) is 6.07 Å². The second-order valence-corrected chi connectivity index (χ2v) is 3.91. The average Bonchev–Trinajstić information content (AvgIpc) is 2.47. The van der Waals surface area contributed by atoms with Gasteiger partial charge in [0.05, 0.1) is 0 Å². The van der Waals surface area contributed by atoms with Crippen molar-refractivity contribution in [1.29, 1.82) is 0 Å². The van der Waals surface area contributed by atoms with Crippen molar-refractivity contribution in [3.63, 3.8) is 0 Å². The topological polar surface area (TPSA) is 42.1 Å². The Morgan fingerprint density at radius 1 is 1.50 bits per heavy atom. The summed E-state index contributed by atoms with van der Waals surface area (Å²) in [7, 11) is 2.04. The molecule has 2 heterocycles. The van der Waals surface area contributed by atoms with Crippen LogP contribution in [0.3, 0.4) is 0 Å². The highest BCUT2D eigenvalue weighted by Gasteiger charge is 2.29. The lowest BCUT2D eigenvalue weighted by atomic mass is 9.97. The molecule has 1 aliphatic rings. The van der Waals surface area contributed by atoms with Gasteiger partial charge in [-0.05, 0) is 18.7 Å². The molecule has 0 aliphatic carbocycles. The van der Waals surface area contributed by atoms with E-state index in [-0.39, 0.29) is 12.0 Å². The lowest BCUT2D eigenvalue weighted by molar-refractivity contribution is 0.407. The number of pyridine rings is 1. The summed E-state index contributed by atoms with van der Waals surface area (Å²) < 4.78 is 12.6. The van der Waals surface area contributed by atoms with Gasteiger partial charge in [-0.2, -0.15) is 4.39 Å². The van der Waals surface area contributed by atoms with E-state index >= 15 is 0 Å². The molecule has 1 saturated heterocycles. The lowest BCUT2D eigenvalue weighted by Crippen LogP contribution is -2.27. The van der Waals surface area contributed by atoms with E-state index in [2.05, 4.69) is 9.88 Å². The van der Waals surface area contributed by atoms with Crippen LogP contribution in [-0.4, -0.2) is 36.1 Å². The van der Waals surface area contributed by atoms with Gasteiger partial charge in [0.2, 0.25) is 5.95 Å². The van der Waals surface area contributed by atoms with Crippen LogP contribution < -0.4 is 5.73 Å². The van der Waals surface area contributed by atoms with Crippen LogP contribution in [0.4, 0.5) is 4.39 Å². The van der Waals surface area contributed by atoms with Gasteiger partial charge in [0.1, 0.15) is 0 Å². The van der Waals surface area contributed by atoms with Gasteiger partial charge in [0, 0.05) is 31.2 Å². The predicted octanol–water partition coefficient (Wildman–Crippen LogP) is 0.577. The molecule has 0 radical (unpaired) electrons. The van der Waals surface area contributed by atoms with Gasteiger partial charge in [-0.25, -0.2) is 4.98 Å². The second kappa shape index (κ2) is 3.63. The molecule has 76 valence electrons. The highest BCUT2D eigenvalue weighted by molar-refractivity contribution is 5.20. The van der Waals surface area contributed by atoms with Gasteiger partial charge in [-0.1, -0.05) is 6.07 Å². The number of hydrogen-bond acceptors (Lipinski definition) is 3. The first-order chi connectivity index (χ1) is 6.66. The first-order valence-electron chi connectivity index (χ1n) is 4.72. The Hall–Kier alpha value is -1.00. The molecule has 0 amide bonds. The van der Waals surface area contributed by atoms with E-state index in [9.17, 15) is 4.39 Å². The van der Waals surface area contributed by atoms with Crippen molar-refractivity contribution in [3.8, 4) is 0 Å². The molecule has 1 aromatic heterocycles. The van der Waals surface area contributed by atoms with Crippen LogP contribution in [0.5, 0.6) is 0 Å². The third-order valence-corrected chi connectivity index (χ3v) is 2.73. The molecular formula is C10H14FN3. The summed E-state index contributed by atoms with van der Waals surface area (Å²) in [5, 5.41) is 0. The van der Waals surface area contributed by atoms with Crippen LogP contribution in [-0.2, 0) is 0 Å². The zero-order valence-electron chi connectivity index (χ0n) is 8.15. The van der Waals surface area contributed by atoms with Crippen LogP contribution in [0.25, 0.3) is 0 Å². The van der Waals surface area contributed by atoms with Crippen LogP contribution in [0.2, 0.25) is 0 Å². The smallest absolute Gasteiger partial charge is 0.212 e. The highest BCUT2D eigenvalue weighted by Crippen LogP contribution is 2.24. The van der Waals surface area contributed by atoms with Crippen LogP contribution >= 0.6 is 0 Å². The van der Waals surface area contributed by atoms with Crippen molar-refractivity contribution in [2.75, 3.05) is 20.1 Å². The maximum atomic E-state index is 12.6. The molecule has 0 bridgehead atoms.